The summed E-state index contributed by atoms with van der Waals surface area (Å²) in [7, 11) is 0. The number of carbonyl (C=O) groups is 4. The summed E-state index contributed by atoms with van der Waals surface area (Å²) in [6.45, 7) is 7.49. The molecule has 0 bridgehead atoms. The Bertz CT molecular complexity index is 1260. The first-order valence-corrected chi connectivity index (χ1v) is 14.3. The Hall–Kier alpha value is -3.50. The third kappa shape index (κ3) is 5.08. The van der Waals surface area contributed by atoms with Crippen molar-refractivity contribution in [1.82, 2.24) is 15.1 Å². The molecule has 2 N–H and O–H groups in total. The highest BCUT2D eigenvalue weighted by Gasteiger charge is 2.72. The molecule has 10 nitrogen and oxygen atoms in total. The van der Waals surface area contributed by atoms with Gasteiger partial charge in [-0.15, -0.1) is 0 Å². The second-order valence-electron chi connectivity index (χ2n) is 12.2. The predicted molar refractivity (Wildman–Crippen MR) is 149 cm³/mol. The van der Waals surface area contributed by atoms with Gasteiger partial charge in [0, 0.05) is 18.5 Å². The molecule has 2 saturated heterocycles. The van der Waals surface area contributed by atoms with E-state index in [0.717, 1.165) is 0 Å². The Labute approximate surface area is 240 Å². The van der Waals surface area contributed by atoms with E-state index in [1.54, 1.807) is 30.1 Å². The Balaban J connectivity index is 1.61. The quantitative estimate of drug-likeness (QED) is 0.424. The second kappa shape index (κ2) is 11.1. The highest BCUT2D eigenvalue weighted by atomic mass is 16.6. The summed E-state index contributed by atoms with van der Waals surface area (Å²) in [5.74, 6) is -3.64. The number of nitrogens with one attached hydrogen (secondary N) is 1. The van der Waals surface area contributed by atoms with Gasteiger partial charge >= 0.3 is 5.97 Å². The van der Waals surface area contributed by atoms with E-state index in [1.165, 1.54) is 4.90 Å². The molecule has 0 unspecified atom stereocenters. The Morgan fingerprint density at radius 3 is 2.51 bits per heavy atom. The van der Waals surface area contributed by atoms with E-state index in [1.807, 2.05) is 57.2 Å². The van der Waals surface area contributed by atoms with Crippen molar-refractivity contribution in [1.29, 1.82) is 0 Å². The molecule has 41 heavy (non-hydrogen) atoms. The highest BCUT2D eigenvalue weighted by molar-refractivity contribution is 5.99. The van der Waals surface area contributed by atoms with Crippen molar-refractivity contribution in [3.05, 3.63) is 60.2 Å². The van der Waals surface area contributed by atoms with Gasteiger partial charge in [0.1, 0.15) is 23.7 Å². The lowest BCUT2D eigenvalue weighted by Crippen LogP contribution is -2.60. The van der Waals surface area contributed by atoms with E-state index in [4.69, 9.17) is 9.47 Å². The Morgan fingerprint density at radius 2 is 1.83 bits per heavy atom. The number of cyclic esters (lactones) is 1. The number of fused-ring (bicyclic) bond motifs is 2. The molecule has 0 radical (unpaired) electrons. The fraction of sp³-hybridized carbons (Fsp3) is 0.548. The maximum absolute atomic E-state index is 14.3. The Kier molecular flexibility index (Phi) is 7.82. The van der Waals surface area contributed by atoms with Crippen LogP contribution in [0.5, 0.6) is 0 Å². The molecule has 1 aromatic rings. The summed E-state index contributed by atoms with van der Waals surface area (Å²) in [5.41, 5.74) is -1.28. The van der Waals surface area contributed by atoms with Crippen LogP contribution in [0.15, 0.2) is 54.6 Å². The topological polar surface area (TPSA) is 125 Å². The van der Waals surface area contributed by atoms with E-state index >= 15 is 0 Å². The first-order chi connectivity index (χ1) is 19.5. The number of rotatable bonds is 3. The molecule has 0 aliphatic carbocycles. The fourth-order valence-electron chi connectivity index (χ4n) is 6.51. The number of esters is 1. The lowest BCUT2D eigenvalue weighted by atomic mass is 9.77. The first-order valence-electron chi connectivity index (χ1n) is 14.3. The zero-order chi connectivity index (χ0) is 29.5. The van der Waals surface area contributed by atoms with Gasteiger partial charge in [-0.2, -0.15) is 0 Å². The molecule has 3 amide bonds. The van der Waals surface area contributed by atoms with Gasteiger partial charge < -0.3 is 29.7 Å². The number of nitrogens with zero attached hydrogens (tertiary/aromatic N) is 2. The van der Waals surface area contributed by atoms with Gasteiger partial charge in [0.15, 0.2) is 0 Å². The molecule has 0 saturated carbocycles. The lowest BCUT2D eigenvalue weighted by Gasteiger charge is -2.41. The maximum Gasteiger partial charge on any atom is 0.313 e. The predicted octanol–water partition coefficient (Wildman–Crippen LogP) is 1.90. The van der Waals surface area contributed by atoms with Gasteiger partial charge in [0.25, 0.3) is 0 Å². The average molecular weight is 566 g/mol. The summed E-state index contributed by atoms with van der Waals surface area (Å²) in [6, 6.07) is 7.37. The van der Waals surface area contributed by atoms with Gasteiger partial charge in [0.2, 0.25) is 17.7 Å². The summed E-state index contributed by atoms with van der Waals surface area (Å²) in [5, 5.41) is 13.0. The summed E-state index contributed by atoms with van der Waals surface area (Å²) < 4.78 is 12.7. The standard InChI is InChI=1S/C31H39N3O7/c1-19(18-35)34-26-28(38)33(30(2,3)4)16-10-15-31(26)25(27(34)37)24-21(41-31)13-8-9-14-23(36)32-17-22(40-29(24)39)20-11-6-5-7-12-20/h5-8,10-13,15,19,21-22,24-26,35H,9,14,16-18H2,1-4H3,(H,32,36)/b13-8-/t19-,21-,22+,24+,25+,26-,31+/m1/s1. The van der Waals surface area contributed by atoms with Crippen LogP contribution in [0.4, 0.5) is 0 Å². The van der Waals surface area contributed by atoms with Crippen LogP contribution < -0.4 is 5.32 Å². The number of benzene rings is 1. The van der Waals surface area contributed by atoms with Crippen LogP contribution in [0.3, 0.4) is 0 Å². The van der Waals surface area contributed by atoms with E-state index in [-0.39, 0.29) is 31.4 Å². The van der Waals surface area contributed by atoms with Crippen LogP contribution in [0, 0.1) is 11.8 Å². The molecule has 2 fully saturated rings. The number of hydrogen-bond donors (Lipinski definition) is 2. The zero-order valence-electron chi connectivity index (χ0n) is 24.0. The summed E-state index contributed by atoms with van der Waals surface area (Å²) >= 11 is 0. The minimum absolute atomic E-state index is 0.0789. The number of hydrogen-bond acceptors (Lipinski definition) is 7. The molecule has 10 heteroatoms. The van der Waals surface area contributed by atoms with Crippen molar-refractivity contribution in [3.63, 3.8) is 0 Å². The lowest BCUT2D eigenvalue weighted by molar-refractivity contribution is -0.161. The normalized spacial score (nSPS) is 33.9. The van der Waals surface area contributed by atoms with Gasteiger partial charge in [0.05, 0.1) is 31.2 Å². The van der Waals surface area contributed by atoms with Crippen molar-refractivity contribution in [2.75, 3.05) is 19.7 Å². The van der Waals surface area contributed by atoms with E-state index < -0.39 is 59.1 Å². The number of aliphatic hydroxyl groups is 1. The number of aliphatic hydroxyl groups excluding tert-OH is 1. The zero-order valence-corrected chi connectivity index (χ0v) is 24.0. The van der Waals surface area contributed by atoms with Gasteiger partial charge in [-0.25, -0.2) is 0 Å². The Morgan fingerprint density at radius 1 is 1.10 bits per heavy atom. The van der Waals surface area contributed by atoms with Crippen molar-refractivity contribution >= 4 is 23.7 Å². The molecule has 4 aliphatic rings. The molecule has 7 atom stereocenters. The van der Waals surface area contributed by atoms with E-state index in [0.29, 0.717) is 18.5 Å². The maximum atomic E-state index is 14.3. The molecule has 0 aromatic heterocycles. The number of likely N-dealkylation sites (tertiary alicyclic amines) is 1. The van der Waals surface area contributed by atoms with Crippen LogP contribution >= 0.6 is 0 Å². The first kappa shape index (κ1) is 29.0. The average Bonchev–Trinajstić information content (AvgIpc) is 3.32. The van der Waals surface area contributed by atoms with Gasteiger partial charge in [-0.3, -0.25) is 19.2 Å². The fourth-order valence-corrected chi connectivity index (χ4v) is 6.51. The third-order valence-corrected chi connectivity index (χ3v) is 8.53. The molecule has 4 heterocycles. The van der Waals surface area contributed by atoms with Crippen LogP contribution in [0.1, 0.15) is 52.2 Å². The van der Waals surface area contributed by atoms with Crippen LogP contribution in [-0.2, 0) is 28.7 Å². The summed E-state index contributed by atoms with van der Waals surface area (Å²) in [4.78, 5) is 58.1. The van der Waals surface area contributed by atoms with E-state index in [9.17, 15) is 24.3 Å². The number of amides is 3. The summed E-state index contributed by atoms with van der Waals surface area (Å²) in [6.07, 6.45) is 6.09. The smallest absolute Gasteiger partial charge is 0.313 e. The largest absolute Gasteiger partial charge is 0.455 e. The molecular formula is C31H39N3O7. The van der Waals surface area contributed by atoms with Gasteiger partial charge in [-0.05, 0) is 39.7 Å². The number of allylic oxidation sites excluding steroid dienone is 1. The molecule has 1 spiro atoms. The molecular weight excluding hydrogens is 526 g/mol. The van der Waals surface area contributed by atoms with Gasteiger partial charge in [-0.1, -0.05) is 54.6 Å². The van der Waals surface area contributed by atoms with Crippen LogP contribution in [-0.4, -0.2) is 87.6 Å². The van der Waals surface area contributed by atoms with Crippen molar-refractivity contribution in [2.45, 2.75) is 76.0 Å². The van der Waals surface area contributed by atoms with E-state index in [2.05, 4.69) is 5.32 Å². The second-order valence-corrected chi connectivity index (χ2v) is 12.2. The molecule has 4 aliphatic heterocycles. The molecule has 5 rings (SSSR count). The van der Waals surface area contributed by atoms with Crippen molar-refractivity contribution < 1.29 is 33.8 Å². The SMILES string of the molecule is C[C@H](CO)N1C(=O)[C@@H]2[C@H]3C(=O)O[C@H](c4ccccc4)CNC(=O)CC/C=C\[C@H]3O[C@@]23C=CCN(C(C)(C)C)C(=O)[C@@H]13. The van der Waals surface area contributed by atoms with Crippen molar-refractivity contribution in [3.8, 4) is 0 Å². The third-order valence-electron chi connectivity index (χ3n) is 8.53. The molecule has 1 aromatic carbocycles. The van der Waals surface area contributed by atoms with Crippen molar-refractivity contribution in [2.24, 2.45) is 11.8 Å². The minimum Gasteiger partial charge on any atom is -0.455 e. The highest BCUT2D eigenvalue weighted by Crippen LogP contribution is 2.54. The van der Waals surface area contributed by atoms with Crippen LogP contribution in [0.2, 0.25) is 0 Å². The molecule has 220 valence electrons. The number of ether oxygens (including phenoxy) is 2. The van der Waals surface area contributed by atoms with Crippen LogP contribution in [0.25, 0.3) is 0 Å². The minimum atomic E-state index is -1.44. The number of carbonyl (C=O) groups excluding carboxylic acids is 4. The monoisotopic (exact) mass is 565 g/mol.